The maximum atomic E-state index is 5.40. The van der Waals surface area contributed by atoms with Crippen molar-refractivity contribution in [2.45, 2.75) is 25.3 Å². The largest absolute Gasteiger partial charge is 0.500 e. The van der Waals surface area contributed by atoms with Gasteiger partial charge in [0.05, 0.1) is 0 Å². The molecule has 0 aromatic rings. The van der Waals surface area contributed by atoms with Gasteiger partial charge in [-0.2, -0.15) is 0 Å². The monoisotopic (exact) mass is 250 g/mol. The van der Waals surface area contributed by atoms with Gasteiger partial charge in [-0.05, 0) is 38.9 Å². The zero-order valence-corrected chi connectivity index (χ0v) is 11.8. The van der Waals surface area contributed by atoms with Gasteiger partial charge in [0.1, 0.15) is 0 Å². The molecule has 0 heterocycles. The molecule has 3 N–H and O–H groups in total. The Labute approximate surface area is 100 Å². The fourth-order valence-electron chi connectivity index (χ4n) is 1.50. The van der Waals surface area contributed by atoms with Crippen molar-refractivity contribution in [2.24, 2.45) is 5.73 Å². The van der Waals surface area contributed by atoms with Gasteiger partial charge in [0.2, 0.25) is 0 Å². The van der Waals surface area contributed by atoms with E-state index in [4.69, 9.17) is 19.0 Å². The number of unbranched alkanes of at least 4 members (excludes halogenated alkanes) is 1. The molecular weight excluding hydrogens is 224 g/mol. The maximum Gasteiger partial charge on any atom is 0.500 e. The van der Waals surface area contributed by atoms with E-state index in [1.54, 1.807) is 21.3 Å². The topological polar surface area (TPSA) is 65.7 Å². The molecule has 0 aliphatic rings. The highest BCUT2D eigenvalue weighted by Crippen LogP contribution is 2.15. The van der Waals surface area contributed by atoms with Crippen LogP contribution in [0.2, 0.25) is 6.04 Å². The van der Waals surface area contributed by atoms with Gasteiger partial charge in [-0.25, -0.2) is 0 Å². The molecule has 6 heteroatoms. The Morgan fingerprint density at radius 3 is 2.00 bits per heavy atom. The van der Waals surface area contributed by atoms with E-state index in [9.17, 15) is 0 Å². The number of nitrogens with one attached hydrogen (secondary N) is 1. The molecule has 0 amide bonds. The normalized spacial score (nSPS) is 12.0. The highest BCUT2D eigenvalue weighted by molar-refractivity contribution is 6.60. The Balaban J connectivity index is 3.48. The van der Waals surface area contributed by atoms with Crippen molar-refractivity contribution < 1.29 is 13.3 Å². The van der Waals surface area contributed by atoms with Crippen LogP contribution in [0.15, 0.2) is 0 Å². The summed E-state index contributed by atoms with van der Waals surface area (Å²) in [6, 6.07) is 0.870. The van der Waals surface area contributed by atoms with E-state index in [0.717, 1.165) is 44.9 Å². The number of hydrogen-bond donors (Lipinski definition) is 2. The van der Waals surface area contributed by atoms with Crippen LogP contribution >= 0.6 is 0 Å². The highest BCUT2D eigenvalue weighted by Gasteiger charge is 2.36. The molecular formula is C10H26N2O3Si. The van der Waals surface area contributed by atoms with Crippen molar-refractivity contribution in [1.29, 1.82) is 0 Å². The second-order valence-corrected chi connectivity index (χ2v) is 6.74. The molecule has 0 aliphatic carbocycles. The molecule has 0 aromatic carbocycles. The molecule has 0 aromatic heterocycles. The minimum atomic E-state index is -2.34. The Kier molecular flexibility index (Phi) is 10.2. The predicted molar refractivity (Wildman–Crippen MR) is 67.4 cm³/mol. The van der Waals surface area contributed by atoms with Crippen LogP contribution in [0.4, 0.5) is 0 Å². The van der Waals surface area contributed by atoms with Crippen LogP contribution < -0.4 is 11.1 Å². The Morgan fingerprint density at radius 1 is 0.938 bits per heavy atom. The van der Waals surface area contributed by atoms with Crippen LogP contribution in [0.1, 0.15) is 19.3 Å². The number of nitrogens with two attached hydrogens (primary N) is 1. The Bertz CT molecular complexity index is 149. The van der Waals surface area contributed by atoms with Crippen molar-refractivity contribution >= 4 is 8.80 Å². The lowest BCUT2D eigenvalue weighted by Gasteiger charge is -2.24. The molecule has 0 atom stereocenters. The Hall–Kier alpha value is 0.0169. The first kappa shape index (κ1) is 16.0. The average molecular weight is 250 g/mol. The van der Waals surface area contributed by atoms with Crippen LogP contribution in [-0.2, 0) is 13.3 Å². The first-order valence-corrected chi connectivity index (χ1v) is 7.74. The summed E-state index contributed by atoms with van der Waals surface area (Å²) in [5.41, 5.74) is 5.40. The third-order valence-electron chi connectivity index (χ3n) is 2.58. The Morgan fingerprint density at radius 2 is 1.50 bits per heavy atom. The first-order chi connectivity index (χ1) is 7.74. The highest BCUT2D eigenvalue weighted by atomic mass is 28.4. The summed E-state index contributed by atoms with van der Waals surface area (Å²) in [6.07, 6.45) is 3.19. The molecule has 0 saturated carbocycles. The SMILES string of the molecule is CO[Si](CCCCNCCCN)(OC)OC. The smallest absolute Gasteiger partial charge is 0.377 e. The summed E-state index contributed by atoms with van der Waals surface area (Å²) < 4.78 is 16.0. The summed E-state index contributed by atoms with van der Waals surface area (Å²) in [6.45, 7) is 2.76. The van der Waals surface area contributed by atoms with Crippen LogP contribution in [0, 0.1) is 0 Å². The molecule has 98 valence electrons. The molecule has 0 unspecified atom stereocenters. The zero-order valence-electron chi connectivity index (χ0n) is 10.8. The van der Waals surface area contributed by atoms with Gasteiger partial charge in [-0.15, -0.1) is 0 Å². The third-order valence-corrected chi connectivity index (χ3v) is 5.41. The second-order valence-electron chi connectivity index (χ2n) is 3.64. The van der Waals surface area contributed by atoms with Gasteiger partial charge in [0.25, 0.3) is 0 Å². The lowest BCUT2D eigenvalue weighted by molar-refractivity contribution is 0.123. The maximum absolute atomic E-state index is 5.40. The molecule has 0 rings (SSSR count). The standard InChI is InChI=1S/C10H26N2O3Si/c1-13-16(14-2,15-3)10-5-4-8-12-9-6-7-11/h12H,4-11H2,1-3H3. The van der Waals surface area contributed by atoms with E-state index < -0.39 is 8.80 Å². The van der Waals surface area contributed by atoms with E-state index in [1.165, 1.54) is 0 Å². The van der Waals surface area contributed by atoms with Crippen LogP contribution in [0.3, 0.4) is 0 Å². The quantitative estimate of drug-likeness (QED) is 0.415. The van der Waals surface area contributed by atoms with Crippen molar-refractivity contribution in [2.75, 3.05) is 41.0 Å². The van der Waals surface area contributed by atoms with Crippen molar-refractivity contribution in [1.82, 2.24) is 5.32 Å². The fraction of sp³-hybridized carbons (Fsp3) is 1.00. The van der Waals surface area contributed by atoms with E-state index in [1.807, 2.05) is 0 Å². The van der Waals surface area contributed by atoms with Crippen LogP contribution in [0.25, 0.3) is 0 Å². The van der Waals surface area contributed by atoms with E-state index in [2.05, 4.69) is 5.32 Å². The van der Waals surface area contributed by atoms with Gasteiger partial charge in [-0.1, -0.05) is 0 Å². The zero-order chi connectivity index (χ0) is 12.3. The molecule has 0 radical (unpaired) electrons. The average Bonchev–Trinajstić information content (AvgIpc) is 2.34. The van der Waals surface area contributed by atoms with E-state index >= 15 is 0 Å². The number of rotatable bonds is 11. The van der Waals surface area contributed by atoms with Gasteiger partial charge in [0.15, 0.2) is 0 Å². The van der Waals surface area contributed by atoms with Gasteiger partial charge >= 0.3 is 8.80 Å². The molecule has 0 fully saturated rings. The molecule has 0 bridgehead atoms. The third kappa shape index (κ3) is 6.57. The number of hydrogen-bond acceptors (Lipinski definition) is 5. The van der Waals surface area contributed by atoms with Gasteiger partial charge in [-0.3, -0.25) is 0 Å². The second kappa shape index (κ2) is 10.2. The van der Waals surface area contributed by atoms with Crippen LogP contribution in [0.5, 0.6) is 0 Å². The lowest BCUT2D eigenvalue weighted by Crippen LogP contribution is -2.42. The van der Waals surface area contributed by atoms with E-state index in [0.29, 0.717) is 0 Å². The summed E-state index contributed by atoms with van der Waals surface area (Å²) in [5.74, 6) is 0. The fourth-order valence-corrected chi connectivity index (χ4v) is 3.30. The summed E-state index contributed by atoms with van der Waals surface area (Å²) in [5, 5.41) is 3.34. The summed E-state index contributed by atoms with van der Waals surface area (Å²) >= 11 is 0. The predicted octanol–water partition coefficient (Wildman–Crippen LogP) is 0.583. The van der Waals surface area contributed by atoms with Crippen LogP contribution in [-0.4, -0.2) is 49.8 Å². The van der Waals surface area contributed by atoms with E-state index in [-0.39, 0.29) is 0 Å². The minimum absolute atomic E-state index is 0.750. The van der Waals surface area contributed by atoms with Crippen molar-refractivity contribution in [3.8, 4) is 0 Å². The van der Waals surface area contributed by atoms with Crippen molar-refractivity contribution in [3.63, 3.8) is 0 Å². The minimum Gasteiger partial charge on any atom is -0.377 e. The van der Waals surface area contributed by atoms with Gasteiger partial charge in [0, 0.05) is 27.4 Å². The van der Waals surface area contributed by atoms with Crippen molar-refractivity contribution in [3.05, 3.63) is 0 Å². The summed E-state index contributed by atoms with van der Waals surface area (Å²) in [7, 11) is 2.61. The first-order valence-electron chi connectivity index (χ1n) is 5.81. The summed E-state index contributed by atoms with van der Waals surface area (Å²) in [4.78, 5) is 0. The van der Waals surface area contributed by atoms with Gasteiger partial charge < -0.3 is 24.3 Å². The molecule has 16 heavy (non-hydrogen) atoms. The molecule has 0 spiro atoms. The molecule has 0 aliphatic heterocycles. The lowest BCUT2D eigenvalue weighted by atomic mass is 10.3. The molecule has 5 nitrogen and oxygen atoms in total. The molecule has 0 saturated heterocycles.